The van der Waals surface area contributed by atoms with E-state index >= 15 is 0 Å². The van der Waals surface area contributed by atoms with Crippen LogP contribution in [0.1, 0.15) is 24.1 Å². The molecule has 2 aromatic rings. The van der Waals surface area contributed by atoms with Crippen molar-refractivity contribution >= 4 is 23.6 Å². The highest BCUT2D eigenvalue weighted by atomic mass is 35.5. The van der Waals surface area contributed by atoms with Crippen LogP contribution in [0.4, 0.5) is 4.79 Å². The average molecular weight is 401 g/mol. The highest BCUT2D eigenvalue weighted by Gasteiger charge is 2.32. The zero-order valence-corrected chi connectivity index (χ0v) is 15.7. The molecule has 1 atom stereocenters. The Morgan fingerprint density at radius 3 is 2.86 bits per heavy atom. The summed E-state index contributed by atoms with van der Waals surface area (Å²) in [5.41, 5.74) is 2.21. The molecule has 1 unspecified atom stereocenters. The third-order valence-corrected chi connectivity index (χ3v) is 4.71. The van der Waals surface area contributed by atoms with Crippen LogP contribution in [-0.2, 0) is 16.1 Å². The second-order valence-corrected chi connectivity index (χ2v) is 6.83. The van der Waals surface area contributed by atoms with E-state index in [0.717, 1.165) is 5.56 Å². The largest absolute Gasteiger partial charge is 0.457 e. The molecule has 0 aromatic heterocycles. The van der Waals surface area contributed by atoms with E-state index in [1.807, 2.05) is 0 Å². The molecule has 7 nitrogen and oxygen atoms in total. The van der Waals surface area contributed by atoms with E-state index in [1.165, 1.54) is 0 Å². The average Bonchev–Trinajstić information content (AvgIpc) is 3.13. The monoisotopic (exact) mass is 400 g/mol. The van der Waals surface area contributed by atoms with Gasteiger partial charge in [-0.05, 0) is 42.3 Å². The topological polar surface area (TPSA) is 85.9 Å². The summed E-state index contributed by atoms with van der Waals surface area (Å²) in [6.45, 7) is 1.90. The first-order valence-corrected chi connectivity index (χ1v) is 8.98. The van der Waals surface area contributed by atoms with Crippen LogP contribution >= 0.6 is 11.6 Å². The fourth-order valence-corrected chi connectivity index (χ4v) is 3.36. The van der Waals surface area contributed by atoms with Gasteiger partial charge < -0.3 is 24.8 Å². The van der Waals surface area contributed by atoms with Crippen LogP contribution in [0.2, 0.25) is 5.02 Å². The van der Waals surface area contributed by atoms with Crippen LogP contribution in [-0.4, -0.2) is 18.8 Å². The molecular weight excluding hydrogens is 384 g/mol. The van der Waals surface area contributed by atoms with Crippen LogP contribution in [0.25, 0.3) is 0 Å². The molecule has 0 aliphatic carbocycles. The first kappa shape index (κ1) is 18.2. The number of hydrogen-bond acceptors (Lipinski definition) is 5. The summed E-state index contributed by atoms with van der Waals surface area (Å²) in [7, 11) is 0. The summed E-state index contributed by atoms with van der Waals surface area (Å²) in [5, 5.41) is 5.88. The van der Waals surface area contributed by atoms with E-state index in [1.54, 1.807) is 49.4 Å². The highest BCUT2D eigenvalue weighted by Crippen LogP contribution is 2.33. The minimum atomic E-state index is -0.656. The standard InChI is InChI=1S/C20H17ClN2O5/c1-11-17(18(23-20(25)22-11)13-3-2-4-14(21)8-13)19(24)26-9-12-5-6-15-16(7-12)28-10-27-15/h2-8,18H,9-10H2,1H3,(H2,22,23,25). The number of allylic oxidation sites excluding steroid dienone is 1. The number of esters is 1. The number of hydrogen-bond donors (Lipinski definition) is 2. The van der Waals surface area contributed by atoms with E-state index in [4.69, 9.17) is 25.8 Å². The predicted octanol–water partition coefficient (Wildman–Crippen LogP) is 3.44. The summed E-state index contributed by atoms with van der Waals surface area (Å²) in [6, 6.07) is 11.3. The summed E-state index contributed by atoms with van der Waals surface area (Å²) in [4.78, 5) is 24.8. The van der Waals surface area contributed by atoms with Crippen LogP contribution in [0, 0.1) is 0 Å². The maximum absolute atomic E-state index is 12.8. The summed E-state index contributed by atoms with van der Waals surface area (Å²) in [6.07, 6.45) is 0. The summed E-state index contributed by atoms with van der Waals surface area (Å²) >= 11 is 6.07. The molecule has 2 heterocycles. The molecule has 28 heavy (non-hydrogen) atoms. The number of halogens is 1. The number of urea groups is 1. The molecule has 0 bridgehead atoms. The summed E-state index contributed by atoms with van der Waals surface area (Å²) < 4.78 is 16.1. The molecule has 2 aromatic carbocycles. The lowest BCUT2D eigenvalue weighted by Gasteiger charge is -2.28. The van der Waals surface area contributed by atoms with Gasteiger partial charge in [0, 0.05) is 10.7 Å². The number of fused-ring (bicyclic) bond motifs is 1. The van der Waals surface area contributed by atoms with Gasteiger partial charge in [0.05, 0.1) is 11.6 Å². The van der Waals surface area contributed by atoms with Gasteiger partial charge in [0.2, 0.25) is 6.79 Å². The Kier molecular flexibility index (Phi) is 4.83. The van der Waals surface area contributed by atoms with Crippen molar-refractivity contribution in [1.82, 2.24) is 10.6 Å². The van der Waals surface area contributed by atoms with Crippen molar-refractivity contribution in [2.24, 2.45) is 0 Å². The number of rotatable bonds is 4. The fraction of sp³-hybridized carbons (Fsp3) is 0.200. The number of carbonyl (C=O) groups is 2. The van der Waals surface area contributed by atoms with Gasteiger partial charge in [-0.25, -0.2) is 9.59 Å². The Bertz CT molecular complexity index is 988. The number of carbonyl (C=O) groups excluding carboxylic acids is 2. The van der Waals surface area contributed by atoms with Gasteiger partial charge in [0.15, 0.2) is 11.5 Å². The van der Waals surface area contributed by atoms with Crippen molar-refractivity contribution in [2.75, 3.05) is 6.79 Å². The Morgan fingerprint density at radius 2 is 2.04 bits per heavy atom. The highest BCUT2D eigenvalue weighted by molar-refractivity contribution is 6.30. The minimum Gasteiger partial charge on any atom is -0.457 e. The van der Waals surface area contributed by atoms with Crippen LogP contribution in [0.5, 0.6) is 11.5 Å². The molecule has 0 saturated heterocycles. The van der Waals surface area contributed by atoms with Gasteiger partial charge in [0.25, 0.3) is 0 Å². The zero-order chi connectivity index (χ0) is 19.7. The van der Waals surface area contributed by atoms with E-state index < -0.39 is 18.0 Å². The lowest BCUT2D eigenvalue weighted by molar-refractivity contribution is -0.140. The molecule has 4 rings (SSSR count). The third kappa shape index (κ3) is 3.61. The first-order valence-electron chi connectivity index (χ1n) is 8.60. The Labute approximate surface area is 166 Å². The normalized spacial score (nSPS) is 17.8. The van der Waals surface area contributed by atoms with E-state index in [2.05, 4.69) is 10.6 Å². The maximum atomic E-state index is 12.8. The van der Waals surface area contributed by atoms with Crippen molar-refractivity contribution in [3.63, 3.8) is 0 Å². The van der Waals surface area contributed by atoms with E-state index in [-0.39, 0.29) is 13.4 Å². The Balaban J connectivity index is 1.55. The molecular formula is C20H17ClN2O5. The van der Waals surface area contributed by atoms with Gasteiger partial charge >= 0.3 is 12.0 Å². The molecule has 0 saturated carbocycles. The van der Waals surface area contributed by atoms with Crippen molar-refractivity contribution in [3.8, 4) is 11.5 Å². The van der Waals surface area contributed by atoms with Crippen LogP contribution in [0.3, 0.4) is 0 Å². The lowest BCUT2D eigenvalue weighted by Crippen LogP contribution is -2.45. The van der Waals surface area contributed by atoms with Crippen molar-refractivity contribution in [3.05, 3.63) is 69.9 Å². The van der Waals surface area contributed by atoms with Crippen molar-refractivity contribution in [1.29, 1.82) is 0 Å². The third-order valence-electron chi connectivity index (χ3n) is 4.48. The fourth-order valence-electron chi connectivity index (χ4n) is 3.16. The molecule has 2 amide bonds. The van der Waals surface area contributed by atoms with Gasteiger partial charge in [-0.1, -0.05) is 29.8 Å². The summed E-state index contributed by atoms with van der Waals surface area (Å²) in [5.74, 6) is 0.744. The van der Waals surface area contributed by atoms with Gasteiger partial charge in [-0.15, -0.1) is 0 Å². The molecule has 0 fully saturated rings. The molecule has 0 spiro atoms. The predicted molar refractivity (Wildman–Crippen MR) is 101 cm³/mol. The van der Waals surface area contributed by atoms with Crippen LogP contribution in [0.15, 0.2) is 53.7 Å². The van der Waals surface area contributed by atoms with Crippen LogP contribution < -0.4 is 20.1 Å². The Morgan fingerprint density at radius 1 is 1.21 bits per heavy atom. The van der Waals surface area contributed by atoms with Gasteiger partial charge in [-0.3, -0.25) is 0 Å². The first-order chi connectivity index (χ1) is 13.5. The van der Waals surface area contributed by atoms with Gasteiger partial charge in [0.1, 0.15) is 6.61 Å². The lowest BCUT2D eigenvalue weighted by atomic mass is 9.95. The second kappa shape index (κ2) is 7.44. The molecule has 2 N–H and O–H groups in total. The number of amides is 2. The van der Waals surface area contributed by atoms with Gasteiger partial charge in [-0.2, -0.15) is 0 Å². The SMILES string of the molecule is CC1=C(C(=O)OCc2ccc3c(c2)OCO3)C(c2cccc(Cl)c2)NC(=O)N1. The van der Waals surface area contributed by atoms with Crippen molar-refractivity contribution < 1.29 is 23.8 Å². The smallest absolute Gasteiger partial charge is 0.338 e. The number of ether oxygens (including phenoxy) is 3. The molecule has 2 aliphatic heterocycles. The van der Waals surface area contributed by atoms with Crippen molar-refractivity contribution in [2.45, 2.75) is 19.6 Å². The molecule has 8 heteroatoms. The maximum Gasteiger partial charge on any atom is 0.338 e. The number of nitrogens with one attached hydrogen (secondary N) is 2. The quantitative estimate of drug-likeness (QED) is 0.768. The molecule has 2 aliphatic rings. The molecule has 0 radical (unpaired) electrons. The zero-order valence-electron chi connectivity index (χ0n) is 15.0. The molecule has 144 valence electrons. The second-order valence-electron chi connectivity index (χ2n) is 6.39. The van der Waals surface area contributed by atoms with E-state index in [0.29, 0.717) is 33.4 Å². The number of benzene rings is 2. The van der Waals surface area contributed by atoms with E-state index in [9.17, 15) is 9.59 Å². The Hall–Kier alpha value is -3.19. The minimum absolute atomic E-state index is 0.0580.